The van der Waals surface area contributed by atoms with Gasteiger partial charge in [0.25, 0.3) is 5.56 Å². The Morgan fingerprint density at radius 1 is 0.976 bits per heavy atom. The Kier molecular flexibility index (Phi) is 15.0. The SMILES string of the molecule is CCCCCCCn1c(=O)c(NCCCOc2ccc(OC(C)COC(=O)CC)cc2)nn(CCCC(F)(F)F)c1=O. The monoisotopic (exact) mass is 600 g/mol. The molecule has 2 aromatic rings. The zero-order chi connectivity index (χ0) is 31.0. The number of benzene rings is 1. The number of rotatable bonds is 20. The van der Waals surface area contributed by atoms with E-state index < -0.39 is 23.8 Å². The lowest BCUT2D eigenvalue weighted by Gasteiger charge is -2.15. The molecule has 0 amide bonds. The number of halogens is 3. The van der Waals surface area contributed by atoms with Crippen LogP contribution in [0.4, 0.5) is 19.0 Å². The number of hydrogen-bond acceptors (Lipinski definition) is 8. The van der Waals surface area contributed by atoms with E-state index in [1.54, 1.807) is 38.1 Å². The van der Waals surface area contributed by atoms with E-state index in [1.165, 1.54) is 0 Å². The minimum absolute atomic E-state index is 0.0737. The molecule has 10 nitrogen and oxygen atoms in total. The maximum atomic E-state index is 13.0. The summed E-state index contributed by atoms with van der Waals surface area (Å²) < 4.78 is 56.4. The van der Waals surface area contributed by atoms with E-state index in [0.717, 1.165) is 34.9 Å². The maximum Gasteiger partial charge on any atom is 0.389 e. The third kappa shape index (κ3) is 13.0. The zero-order valence-corrected chi connectivity index (χ0v) is 24.7. The Morgan fingerprint density at radius 3 is 2.33 bits per heavy atom. The highest BCUT2D eigenvalue weighted by Crippen LogP contribution is 2.21. The molecular weight excluding hydrogens is 557 g/mol. The molecular formula is C29H43F3N4O6. The number of carbonyl (C=O) groups excluding carboxylic acids is 1. The molecule has 1 aromatic heterocycles. The third-order valence-electron chi connectivity index (χ3n) is 6.25. The molecule has 1 aromatic carbocycles. The van der Waals surface area contributed by atoms with Gasteiger partial charge in [-0.1, -0.05) is 39.5 Å². The molecule has 0 fully saturated rings. The molecule has 0 radical (unpaired) electrons. The molecule has 236 valence electrons. The lowest BCUT2D eigenvalue weighted by Crippen LogP contribution is -2.43. The number of aromatic nitrogens is 3. The Labute approximate surface area is 244 Å². The molecule has 0 saturated carbocycles. The van der Waals surface area contributed by atoms with E-state index >= 15 is 0 Å². The number of hydrogen-bond donors (Lipinski definition) is 1. The highest BCUT2D eigenvalue weighted by molar-refractivity contribution is 5.68. The second-order valence-corrected chi connectivity index (χ2v) is 10.0. The molecule has 2 rings (SSSR count). The second-order valence-electron chi connectivity index (χ2n) is 10.0. The fraction of sp³-hybridized carbons (Fsp3) is 0.655. The van der Waals surface area contributed by atoms with Crippen molar-refractivity contribution in [1.82, 2.24) is 14.3 Å². The van der Waals surface area contributed by atoms with Gasteiger partial charge in [-0.05, 0) is 50.5 Å². The van der Waals surface area contributed by atoms with Crippen molar-refractivity contribution in [3.63, 3.8) is 0 Å². The fourth-order valence-electron chi connectivity index (χ4n) is 3.98. The molecule has 42 heavy (non-hydrogen) atoms. The lowest BCUT2D eigenvalue weighted by atomic mass is 10.1. The Morgan fingerprint density at radius 2 is 1.67 bits per heavy atom. The van der Waals surface area contributed by atoms with Gasteiger partial charge in [-0.25, -0.2) is 9.48 Å². The van der Waals surface area contributed by atoms with Gasteiger partial charge in [-0.15, -0.1) is 5.10 Å². The van der Waals surface area contributed by atoms with Crippen LogP contribution < -0.4 is 26.0 Å². The minimum atomic E-state index is -4.34. The third-order valence-corrected chi connectivity index (χ3v) is 6.25. The first-order chi connectivity index (χ1) is 20.0. The summed E-state index contributed by atoms with van der Waals surface area (Å²) in [6.45, 7) is 6.31. The summed E-state index contributed by atoms with van der Waals surface area (Å²) in [5, 5.41) is 6.95. The first-order valence-electron chi connectivity index (χ1n) is 14.6. The molecule has 0 saturated heterocycles. The molecule has 0 aliphatic carbocycles. The van der Waals surface area contributed by atoms with Crippen molar-refractivity contribution in [2.24, 2.45) is 0 Å². The molecule has 13 heteroatoms. The summed E-state index contributed by atoms with van der Waals surface area (Å²) in [6, 6.07) is 6.96. The summed E-state index contributed by atoms with van der Waals surface area (Å²) in [5.74, 6) is 0.845. The van der Waals surface area contributed by atoms with E-state index in [-0.39, 0.29) is 44.0 Å². The lowest BCUT2D eigenvalue weighted by molar-refractivity contribution is -0.145. The van der Waals surface area contributed by atoms with Gasteiger partial charge in [-0.2, -0.15) is 13.2 Å². The van der Waals surface area contributed by atoms with E-state index in [4.69, 9.17) is 14.2 Å². The number of aryl methyl sites for hydroxylation is 1. The van der Waals surface area contributed by atoms with Crippen molar-refractivity contribution in [3.05, 3.63) is 45.1 Å². The highest BCUT2D eigenvalue weighted by atomic mass is 19.4. The molecule has 1 heterocycles. The molecule has 1 N–H and O–H groups in total. The minimum Gasteiger partial charge on any atom is -0.494 e. The van der Waals surface area contributed by atoms with Crippen LogP contribution in [0.3, 0.4) is 0 Å². The fourth-order valence-corrected chi connectivity index (χ4v) is 3.98. The predicted molar refractivity (Wildman–Crippen MR) is 153 cm³/mol. The number of nitrogens with one attached hydrogen (secondary N) is 1. The van der Waals surface area contributed by atoms with Crippen LogP contribution in [-0.4, -0.2) is 52.4 Å². The summed E-state index contributed by atoms with van der Waals surface area (Å²) >= 11 is 0. The van der Waals surface area contributed by atoms with Crippen LogP contribution in [0.15, 0.2) is 33.9 Å². The summed E-state index contributed by atoms with van der Waals surface area (Å²) in [7, 11) is 0. The average Bonchev–Trinajstić information content (AvgIpc) is 2.95. The van der Waals surface area contributed by atoms with Crippen LogP contribution in [0, 0.1) is 0 Å². The van der Waals surface area contributed by atoms with Gasteiger partial charge < -0.3 is 19.5 Å². The Hall–Kier alpha value is -3.51. The molecule has 1 atom stereocenters. The Bertz CT molecular complexity index is 1200. The Balaban J connectivity index is 1.91. The van der Waals surface area contributed by atoms with E-state index in [2.05, 4.69) is 17.3 Å². The van der Waals surface area contributed by atoms with Gasteiger partial charge >= 0.3 is 17.8 Å². The largest absolute Gasteiger partial charge is 0.494 e. The summed E-state index contributed by atoms with van der Waals surface area (Å²) in [4.78, 5) is 37.0. The van der Waals surface area contributed by atoms with Gasteiger partial charge in [0, 0.05) is 32.5 Å². The first kappa shape index (κ1) is 34.7. The predicted octanol–water partition coefficient (Wildman–Crippen LogP) is 5.32. The average molecular weight is 601 g/mol. The standard InChI is InChI=1S/C29H43F3N4O6/c1-4-6-7-8-9-18-35-27(38)26(34-36(28(35)39)19-10-16-29(30,31)32)33-17-11-20-40-23-12-14-24(15-13-23)42-22(3)21-41-25(37)5-2/h12-15,22H,4-11,16-21H2,1-3H3,(H,33,34). The quantitative estimate of drug-likeness (QED) is 0.161. The number of alkyl halides is 3. The van der Waals surface area contributed by atoms with Crippen molar-refractivity contribution in [2.75, 3.05) is 25.1 Å². The molecule has 0 aliphatic heterocycles. The highest BCUT2D eigenvalue weighted by Gasteiger charge is 2.26. The smallest absolute Gasteiger partial charge is 0.389 e. The summed E-state index contributed by atoms with van der Waals surface area (Å²) in [5.41, 5.74) is -1.28. The molecule has 0 bridgehead atoms. The molecule has 0 aliphatic rings. The molecule has 0 spiro atoms. The van der Waals surface area contributed by atoms with E-state index in [9.17, 15) is 27.6 Å². The van der Waals surface area contributed by atoms with Gasteiger partial charge in [-0.3, -0.25) is 14.2 Å². The van der Waals surface area contributed by atoms with E-state index in [1.807, 2.05) is 0 Å². The van der Waals surface area contributed by atoms with Crippen LogP contribution in [0.25, 0.3) is 0 Å². The number of ether oxygens (including phenoxy) is 3. The number of esters is 1. The van der Waals surface area contributed by atoms with Crippen LogP contribution in [0.5, 0.6) is 11.5 Å². The van der Waals surface area contributed by atoms with Crippen LogP contribution in [0.2, 0.25) is 0 Å². The van der Waals surface area contributed by atoms with Crippen molar-refractivity contribution < 1.29 is 32.2 Å². The number of nitrogens with zero attached hydrogens (tertiary/aromatic N) is 3. The van der Waals surface area contributed by atoms with Gasteiger partial charge in [0.2, 0.25) is 5.82 Å². The summed E-state index contributed by atoms with van der Waals surface area (Å²) in [6.07, 6.45) is -0.666. The zero-order valence-electron chi connectivity index (χ0n) is 24.7. The van der Waals surface area contributed by atoms with Gasteiger partial charge in [0.1, 0.15) is 24.2 Å². The van der Waals surface area contributed by atoms with Crippen molar-refractivity contribution >= 4 is 11.8 Å². The van der Waals surface area contributed by atoms with E-state index in [0.29, 0.717) is 43.9 Å². The van der Waals surface area contributed by atoms with Gasteiger partial charge in [0.15, 0.2) is 0 Å². The normalized spacial score (nSPS) is 12.1. The van der Waals surface area contributed by atoms with Gasteiger partial charge in [0.05, 0.1) is 6.61 Å². The van der Waals surface area contributed by atoms with Crippen molar-refractivity contribution in [3.8, 4) is 11.5 Å². The number of anilines is 1. The van der Waals surface area contributed by atoms with Crippen LogP contribution in [-0.2, 0) is 22.6 Å². The van der Waals surface area contributed by atoms with Crippen molar-refractivity contribution in [1.29, 1.82) is 0 Å². The van der Waals surface area contributed by atoms with Crippen LogP contribution in [0.1, 0.15) is 78.6 Å². The number of unbranched alkanes of at least 4 members (excludes halogenated alkanes) is 4. The maximum absolute atomic E-state index is 13.0. The first-order valence-corrected chi connectivity index (χ1v) is 14.6. The van der Waals surface area contributed by atoms with Crippen LogP contribution >= 0.6 is 0 Å². The van der Waals surface area contributed by atoms with Crippen molar-refractivity contribution in [2.45, 2.75) is 104 Å². The number of carbonyl (C=O) groups is 1. The second kappa shape index (κ2) is 18.1. The molecule has 1 unspecified atom stereocenters. The topological polar surface area (TPSA) is 114 Å².